The van der Waals surface area contributed by atoms with Crippen molar-refractivity contribution in [3.8, 4) is 0 Å². The van der Waals surface area contributed by atoms with E-state index in [0.717, 1.165) is 57.8 Å². The molecule has 0 aromatic heterocycles. The largest absolute Gasteiger partial charge is 0.477 e. The van der Waals surface area contributed by atoms with E-state index < -0.39 is 18.1 Å². The van der Waals surface area contributed by atoms with Crippen LogP contribution in [0, 0.1) is 0 Å². The average molecular weight is 795 g/mol. The van der Waals surface area contributed by atoms with Gasteiger partial charge in [0.15, 0.2) is 12.1 Å². The summed E-state index contributed by atoms with van der Waals surface area (Å²) in [6, 6.07) is -0.611. The van der Waals surface area contributed by atoms with Crippen molar-refractivity contribution < 1.29 is 38.2 Å². The van der Waals surface area contributed by atoms with Gasteiger partial charge in [0.25, 0.3) is 0 Å². The molecular formula is C48H92NO7+. The van der Waals surface area contributed by atoms with Gasteiger partial charge in [-0.15, -0.1) is 0 Å². The summed E-state index contributed by atoms with van der Waals surface area (Å²) in [5.41, 5.74) is 0. The molecule has 0 rings (SSSR count). The number of carboxylic acids is 1. The van der Waals surface area contributed by atoms with E-state index in [-0.39, 0.29) is 36.2 Å². The molecule has 0 amide bonds. The summed E-state index contributed by atoms with van der Waals surface area (Å²) in [5, 5.41) is 9.62. The van der Waals surface area contributed by atoms with Crippen LogP contribution in [0.2, 0.25) is 0 Å². The molecule has 0 aliphatic rings. The maximum absolute atomic E-state index is 12.7. The molecule has 0 bridgehead atoms. The predicted molar refractivity (Wildman–Crippen MR) is 234 cm³/mol. The van der Waals surface area contributed by atoms with E-state index >= 15 is 0 Å². The van der Waals surface area contributed by atoms with E-state index in [1.807, 2.05) is 21.1 Å². The third-order valence-corrected chi connectivity index (χ3v) is 10.9. The Balaban J connectivity index is 4.16. The standard InChI is InChI=1S/C48H91NO7/c1-6-8-10-12-14-16-18-19-20-21-22-23-24-25-26-27-28-29-31-33-35-37-39-47(51)56-44(42-54-41-40-45(48(52)53)49(3,4)5)43-55-46(50)38-36-34-32-30-17-15-13-11-9-7-2/h13,15,44-45H,6-12,14,16-43H2,1-5H3/p+1/b15-13+. The Hall–Kier alpha value is -1.93. The number of aliphatic carboxylic acids is 1. The Morgan fingerprint density at radius 2 is 0.911 bits per heavy atom. The highest BCUT2D eigenvalue weighted by Crippen LogP contribution is 2.16. The van der Waals surface area contributed by atoms with Crippen molar-refractivity contribution in [3.63, 3.8) is 0 Å². The van der Waals surface area contributed by atoms with Gasteiger partial charge in [-0.05, 0) is 32.1 Å². The number of likely N-dealkylation sites (N-methyl/N-ethyl adjacent to an activating group) is 1. The number of ether oxygens (including phenoxy) is 3. The minimum absolute atomic E-state index is 0.0514. The lowest BCUT2D eigenvalue weighted by molar-refractivity contribution is -0.887. The Labute approximate surface area is 346 Å². The van der Waals surface area contributed by atoms with Crippen LogP contribution < -0.4 is 0 Å². The first kappa shape index (κ1) is 54.1. The molecule has 0 aromatic rings. The monoisotopic (exact) mass is 795 g/mol. The van der Waals surface area contributed by atoms with Crippen molar-refractivity contribution in [2.45, 2.75) is 238 Å². The zero-order valence-electron chi connectivity index (χ0n) is 37.6. The zero-order chi connectivity index (χ0) is 41.4. The smallest absolute Gasteiger partial charge is 0.362 e. The van der Waals surface area contributed by atoms with E-state index in [1.54, 1.807) is 0 Å². The Morgan fingerprint density at radius 3 is 1.34 bits per heavy atom. The fourth-order valence-corrected chi connectivity index (χ4v) is 7.19. The second-order valence-corrected chi connectivity index (χ2v) is 17.4. The Kier molecular flexibility index (Phi) is 38.5. The Morgan fingerprint density at radius 1 is 0.518 bits per heavy atom. The van der Waals surface area contributed by atoms with E-state index in [1.165, 1.54) is 135 Å². The molecule has 1 N–H and O–H groups in total. The van der Waals surface area contributed by atoms with Crippen LogP contribution in [0.25, 0.3) is 0 Å². The molecule has 56 heavy (non-hydrogen) atoms. The van der Waals surface area contributed by atoms with Gasteiger partial charge >= 0.3 is 17.9 Å². The lowest BCUT2D eigenvalue weighted by atomic mass is 10.0. The molecule has 330 valence electrons. The second kappa shape index (κ2) is 39.9. The van der Waals surface area contributed by atoms with Gasteiger partial charge in [-0.1, -0.05) is 187 Å². The number of carboxylic acid groups (broad SMARTS) is 1. The van der Waals surface area contributed by atoms with Gasteiger partial charge < -0.3 is 23.8 Å². The van der Waals surface area contributed by atoms with Crippen molar-refractivity contribution in [1.29, 1.82) is 0 Å². The SMILES string of the molecule is CCCC/C=C/CCCCCCC(=O)OCC(COCCC(C(=O)O)[N+](C)(C)C)OC(=O)CCCCCCCCCCCCCCCCCCCCCCCC. The number of hydrogen-bond donors (Lipinski definition) is 1. The topological polar surface area (TPSA) is 99.1 Å². The number of allylic oxidation sites excluding steroid dienone is 2. The molecule has 2 atom stereocenters. The van der Waals surface area contributed by atoms with Crippen molar-refractivity contribution in [2.75, 3.05) is 41.0 Å². The number of rotatable bonds is 43. The molecule has 0 aromatic carbocycles. The normalized spacial score (nSPS) is 12.9. The van der Waals surface area contributed by atoms with Crippen LogP contribution >= 0.6 is 0 Å². The van der Waals surface area contributed by atoms with Gasteiger partial charge in [0, 0.05) is 19.3 Å². The third-order valence-electron chi connectivity index (χ3n) is 10.9. The number of esters is 2. The van der Waals surface area contributed by atoms with E-state index in [2.05, 4.69) is 26.0 Å². The minimum Gasteiger partial charge on any atom is -0.477 e. The lowest BCUT2D eigenvalue weighted by Gasteiger charge is -2.31. The van der Waals surface area contributed by atoms with Crippen LogP contribution in [0.15, 0.2) is 12.2 Å². The first-order valence-electron chi connectivity index (χ1n) is 23.7. The maximum atomic E-state index is 12.7. The third kappa shape index (κ3) is 37.6. The van der Waals surface area contributed by atoms with Crippen LogP contribution in [0.5, 0.6) is 0 Å². The summed E-state index contributed by atoms with van der Waals surface area (Å²) in [6.45, 7) is 4.71. The first-order chi connectivity index (χ1) is 27.1. The van der Waals surface area contributed by atoms with Crippen molar-refractivity contribution >= 4 is 17.9 Å². The molecular weight excluding hydrogens is 703 g/mol. The molecule has 0 radical (unpaired) electrons. The summed E-state index contributed by atoms with van der Waals surface area (Å²) in [7, 11) is 5.53. The number of nitrogens with zero attached hydrogens (tertiary/aromatic N) is 1. The highest BCUT2D eigenvalue weighted by atomic mass is 16.6. The predicted octanol–water partition coefficient (Wildman–Crippen LogP) is 13.1. The highest BCUT2D eigenvalue weighted by molar-refractivity contribution is 5.72. The molecule has 0 heterocycles. The van der Waals surface area contributed by atoms with Gasteiger partial charge in [0.05, 0.1) is 34.4 Å². The fraction of sp³-hybridized carbons (Fsp3) is 0.896. The molecule has 0 saturated heterocycles. The second-order valence-electron chi connectivity index (χ2n) is 17.4. The van der Waals surface area contributed by atoms with Crippen molar-refractivity contribution in [3.05, 3.63) is 12.2 Å². The van der Waals surface area contributed by atoms with E-state index in [0.29, 0.717) is 19.3 Å². The molecule has 0 aliphatic carbocycles. The van der Waals surface area contributed by atoms with Crippen LogP contribution in [-0.4, -0.2) is 80.6 Å². The number of carbonyl (C=O) groups is 3. The van der Waals surface area contributed by atoms with Crippen molar-refractivity contribution in [2.24, 2.45) is 0 Å². The Bertz CT molecular complexity index is 931. The fourth-order valence-electron chi connectivity index (χ4n) is 7.19. The summed E-state index contributed by atoms with van der Waals surface area (Å²) < 4.78 is 17.3. The zero-order valence-corrected chi connectivity index (χ0v) is 37.6. The number of carbonyl (C=O) groups excluding carboxylic acids is 2. The molecule has 8 nitrogen and oxygen atoms in total. The first-order valence-corrected chi connectivity index (χ1v) is 23.7. The van der Waals surface area contributed by atoms with Crippen LogP contribution in [0.3, 0.4) is 0 Å². The molecule has 2 unspecified atom stereocenters. The summed E-state index contributed by atoms with van der Waals surface area (Å²) >= 11 is 0. The lowest BCUT2D eigenvalue weighted by Crippen LogP contribution is -2.50. The summed E-state index contributed by atoms with van der Waals surface area (Å²) in [5.74, 6) is -1.47. The molecule has 0 aliphatic heterocycles. The minimum atomic E-state index is -0.873. The van der Waals surface area contributed by atoms with Crippen LogP contribution in [0.4, 0.5) is 0 Å². The van der Waals surface area contributed by atoms with Gasteiger partial charge in [0.2, 0.25) is 0 Å². The van der Waals surface area contributed by atoms with Gasteiger partial charge in [-0.3, -0.25) is 9.59 Å². The van der Waals surface area contributed by atoms with Crippen LogP contribution in [0.1, 0.15) is 226 Å². The number of unbranched alkanes of at least 4 members (excludes halogenated alkanes) is 27. The summed E-state index contributed by atoms with van der Waals surface area (Å²) in [4.78, 5) is 36.9. The van der Waals surface area contributed by atoms with E-state index in [4.69, 9.17) is 14.2 Å². The number of quaternary nitrogens is 1. The molecule has 8 heteroatoms. The van der Waals surface area contributed by atoms with E-state index in [9.17, 15) is 19.5 Å². The van der Waals surface area contributed by atoms with Gasteiger partial charge in [-0.25, -0.2) is 4.79 Å². The van der Waals surface area contributed by atoms with Gasteiger partial charge in [-0.2, -0.15) is 0 Å². The van der Waals surface area contributed by atoms with Gasteiger partial charge in [0.1, 0.15) is 6.61 Å². The van der Waals surface area contributed by atoms with Crippen molar-refractivity contribution in [1.82, 2.24) is 0 Å². The quantitative estimate of drug-likeness (QED) is 0.0284. The molecule has 0 spiro atoms. The maximum Gasteiger partial charge on any atom is 0.362 e. The average Bonchev–Trinajstić information content (AvgIpc) is 3.15. The summed E-state index contributed by atoms with van der Waals surface area (Å²) in [6.07, 6.45) is 42.7. The molecule has 0 fully saturated rings. The number of hydrogen-bond acceptors (Lipinski definition) is 6. The molecule has 0 saturated carbocycles. The van der Waals surface area contributed by atoms with Crippen LogP contribution in [-0.2, 0) is 28.6 Å². The highest BCUT2D eigenvalue weighted by Gasteiger charge is 2.31.